The van der Waals surface area contributed by atoms with Crippen LogP contribution in [0.15, 0.2) is 11.6 Å². The van der Waals surface area contributed by atoms with E-state index in [-0.39, 0.29) is 12.3 Å². The van der Waals surface area contributed by atoms with Gasteiger partial charge in [0.1, 0.15) is 10.8 Å². The summed E-state index contributed by atoms with van der Waals surface area (Å²) in [5, 5.41) is 2.47. The number of nitrogens with one attached hydrogen (secondary N) is 1. The highest BCUT2D eigenvalue weighted by Crippen LogP contribution is 2.31. The molecule has 1 aliphatic heterocycles. The first-order valence-corrected chi connectivity index (χ1v) is 9.72. The van der Waals surface area contributed by atoms with Gasteiger partial charge in [-0.1, -0.05) is 0 Å². The lowest BCUT2D eigenvalue weighted by atomic mass is 10.0. The molecule has 0 saturated carbocycles. The van der Waals surface area contributed by atoms with Crippen molar-refractivity contribution in [1.82, 2.24) is 14.0 Å². The average molecular weight is 361 g/mol. The number of ketones is 1. The number of nitrogens with zero attached hydrogens (tertiary/aromatic N) is 2. The number of thiazole rings is 1. The van der Waals surface area contributed by atoms with Crippen molar-refractivity contribution in [3.05, 3.63) is 16.6 Å². The molecule has 0 spiro atoms. The summed E-state index contributed by atoms with van der Waals surface area (Å²) in [5.74, 6) is -0.160. The molecular weight excluding hydrogens is 338 g/mol. The third-order valence-corrected chi connectivity index (χ3v) is 6.64. The van der Waals surface area contributed by atoms with E-state index in [0.717, 1.165) is 0 Å². The van der Waals surface area contributed by atoms with Gasteiger partial charge in [-0.2, -0.15) is 17.4 Å². The normalized spacial score (nSPS) is 25.4. The van der Waals surface area contributed by atoms with E-state index in [1.807, 2.05) is 13.8 Å². The molecule has 7 nitrogen and oxygen atoms in total. The molecule has 2 heterocycles. The van der Waals surface area contributed by atoms with Crippen molar-refractivity contribution in [3.63, 3.8) is 0 Å². The van der Waals surface area contributed by atoms with Crippen molar-refractivity contribution < 1.29 is 17.9 Å². The molecule has 0 radical (unpaired) electrons. The Morgan fingerprint density at radius 3 is 2.78 bits per heavy atom. The van der Waals surface area contributed by atoms with Crippen LogP contribution >= 0.6 is 11.3 Å². The van der Waals surface area contributed by atoms with Gasteiger partial charge in [0.2, 0.25) is 0 Å². The average Bonchev–Trinajstić information content (AvgIpc) is 2.98. The number of carbonyl (C=O) groups excluding carboxylic acids is 1. The number of aromatic nitrogens is 1. The van der Waals surface area contributed by atoms with Crippen LogP contribution < -0.4 is 4.72 Å². The summed E-state index contributed by atoms with van der Waals surface area (Å²) in [4.78, 5) is 16.2. The van der Waals surface area contributed by atoms with Crippen LogP contribution in [0.3, 0.4) is 0 Å². The molecule has 1 aromatic heterocycles. The zero-order valence-electron chi connectivity index (χ0n) is 13.8. The van der Waals surface area contributed by atoms with E-state index >= 15 is 0 Å². The largest absolute Gasteiger partial charge is 0.379 e. The molecule has 0 amide bonds. The highest BCUT2D eigenvalue weighted by Gasteiger charge is 2.42. The SMILES string of the molecule is COC(C)(C)CCN1[C@H](C(C)=O)C[C@H](c2nccs2)NS1(=O)=O. The van der Waals surface area contributed by atoms with Crippen molar-refractivity contribution in [2.24, 2.45) is 0 Å². The fourth-order valence-electron chi connectivity index (χ4n) is 2.49. The Kier molecular flexibility index (Phi) is 5.57. The van der Waals surface area contributed by atoms with Gasteiger partial charge >= 0.3 is 0 Å². The third kappa shape index (κ3) is 4.36. The second-order valence-corrected chi connectivity index (χ2v) is 8.81. The van der Waals surface area contributed by atoms with Crippen LogP contribution in [-0.2, 0) is 19.7 Å². The Labute approximate surface area is 141 Å². The number of hydrogen-bond donors (Lipinski definition) is 1. The number of carbonyl (C=O) groups is 1. The molecular formula is C14H23N3O4S2. The minimum atomic E-state index is -3.75. The summed E-state index contributed by atoms with van der Waals surface area (Å²) in [6, 6.07) is -1.14. The van der Waals surface area contributed by atoms with Gasteiger partial charge in [-0.05, 0) is 33.6 Å². The van der Waals surface area contributed by atoms with Crippen LogP contribution in [0, 0.1) is 0 Å². The smallest absolute Gasteiger partial charge is 0.280 e. The maximum absolute atomic E-state index is 12.6. The highest BCUT2D eigenvalue weighted by atomic mass is 32.2. The van der Waals surface area contributed by atoms with E-state index in [1.54, 1.807) is 18.7 Å². The van der Waals surface area contributed by atoms with Gasteiger partial charge in [0, 0.05) is 25.2 Å². The maximum atomic E-state index is 12.6. The third-order valence-electron chi connectivity index (χ3n) is 4.11. The van der Waals surface area contributed by atoms with Gasteiger partial charge in [0.15, 0.2) is 0 Å². The molecule has 130 valence electrons. The Morgan fingerprint density at radius 1 is 1.57 bits per heavy atom. The molecule has 1 fully saturated rings. The van der Waals surface area contributed by atoms with Crippen LogP contribution in [-0.4, -0.2) is 48.8 Å². The molecule has 1 N–H and O–H groups in total. The van der Waals surface area contributed by atoms with Gasteiger partial charge in [-0.15, -0.1) is 11.3 Å². The predicted molar refractivity (Wildman–Crippen MR) is 88.4 cm³/mol. The van der Waals surface area contributed by atoms with E-state index < -0.39 is 27.9 Å². The molecule has 23 heavy (non-hydrogen) atoms. The summed E-state index contributed by atoms with van der Waals surface area (Å²) >= 11 is 1.38. The second kappa shape index (κ2) is 6.94. The lowest BCUT2D eigenvalue weighted by Crippen LogP contribution is -2.56. The van der Waals surface area contributed by atoms with E-state index in [1.165, 1.54) is 22.6 Å². The van der Waals surface area contributed by atoms with Crippen LogP contribution in [0.2, 0.25) is 0 Å². The fourth-order valence-corrected chi connectivity index (χ4v) is 4.87. The first-order valence-electron chi connectivity index (χ1n) is 7.40. The Balaban J connectivity index is 2.22. The minimum absolute atomic E-state index is 0.160. The fraction of sp³-hybridized carbons (Fsp3) is 0.714. The summed E-state index contributed by atoms with van der Waals surface area (Å²) in [6.45, 7) is 5.43. The molecule has 0 aromatic carbocycles. The van der Waals surface area contributed by atoms with E-state index in [0.29, 0.717) is 17.8 Å². The summed E-state index contributed by atoms with van der Waals surface area (Å²) in [6.07, 6.45) is 2.51. The predicted octanol–water partition coefficient (Wildman–Crippen LogP) is 1.50. The van der Waals surface area contributed by atoms with Gasteiger partial charge in [0.25, 0.3) is 10.2 Å². The molecule has 2 atom stereocenters. The van der Waals surface area contributed by atoms with E-state index in [4.69, 9.17) is 4.74 Å². The molecule has 0 bridgehead atoms. The van der Waals surface area contributed by atoms with E-state index in [9.17, 15) is 13.2 Å². The van der Waals surface area contributed by atoms with Gasteiger partial charge in [0.05, 0.1) is 17.7 Å². The first kappa shape index (κ1) is 18.5. The van der Waals surface area contributed by atoms with Crippen LogP contribution in [0.4, 0.5) is 0 Å². The van der Waals surface area contributed by atoms with Crippen molar-refractivity contribution in [3.8, 4) is 0 Å². The maximum Gasteiger partial charge on any atom is 0.280 e. The van der Waals surface area contributed by atoms with Crippen molar-refractivity contribution in [2.45, 2.75) is 51.3 Å². The zero-order valence-corrected chi connectivity index (χ0v) is 15.4. The standard InChI is InChI=1S/C14H23N3O4S2/c1-10(18)12-9-11(13-15-6-8-22-13)16-23(19,20)17(12)7-5-14(2,3)21-4/h6,8,11-12,16H,5,7,9H2,1-4H3/t11-,12+/m1/s1. The van der Waals surface area contributed by atoms with Crippen molar-refractivity contribution in [2.75, 3.05) is 13.7 Å². The minimum Gasteiger partial charge on any atom is -0.379 e. The molecule has 9 heteroatoms. The Bertz CT molecular complexity index is 643. The quantitative estimate of drug-likeness (QED) is 0.829. The van der Waals surface area contributed by atoms with Crippen molar-refractivity contribution in [1.29, 1.82) is 0 Å². The molecule has 1 aliphatic rings. The number of Topliss-reactive ketones (excluding diaryl/α,β-unsaturated/α-hetero) is 1. The molecule has 2 rings (SSSR count). The molecule has 1 saturated heterocycles. The number of hydrogen-bond acceptors (Lipinski definition) is 6. The summed E-state index contributed by atoms with van der Waals surface area (Å²) < 4.78 is 34.4. The monoisotopic (exact) mass is 361 g/mol. The number of ether oxygens (including phenoxy) is 1. The highest BCUT2D eigenvalue weighted by molar-refractivity contribution is 7.87. The molecule has 0 aliphatic carbocycles. The lowest BCUT2D eigenvalue weighted by Gasteiger charge is -2.38. The number of methoxy groups -OCH3 is 1. The summed E-state index contributed by atoms with van der Waals surface area (Å²) in [5.41, 5.74) is -0.455. The topological polar surface area (TPSA) is 88.6 Å². The van der Waals surface area contributed by atoms with Gasteiger partial charge in [-0.3, -0.25) is 4.79 Å². The number of rotatable bonds is 6. The van der Waals surface area contributed by atoms with Crippen LogP contribution in [0.5, 0.6) is 0 Å². The lowest BCUT2D eigenvalue weighted by molar-refractivity contribution is -0.121. The van der Waals surface area contributed by atoms with E-state index in [2.05, 4.69) is 9.71 Å². The Hall–Kier alpha value is -0.870. The van der Waals surface area contributed by atoms with Gasteiger partial charge < -0.3 is 4.74 Å². The molecule has 0 unspecified atom stereocenters. The van der Waals surface area contributed by atoms with Crippen LogP contribution in [0.1, 0.15) is 44.7 Å². The first-order chi connectivity index (χ1) is 10.7. The molecule has 1 aromatic rings. The second-order valence-electron chi connectivity index (χ2n) is 6.23. The van der Waals surface area contributed by atoms with Gasteiger partial charge in [-0.25, -0.2) is 4.98 Å². The summed E-state index contributed by atoms with van der Waals surface area (Å²) in [7, 11) is -2.16. The Morgan fingerprint density at radius 2 is 2.26 bits per heavy atom. The van der Waals surface area contributed by atoms with Crippen molar-refractivity contribution >= 4 is 27.3 Å². The zero-order chi connectivity index (χ0) is 17.3. The van der Waals surface area contributed by atoms with Crippen LogP contribution in [0.25, 0.3) is 0 Å².